The topological polar surface area (TPSA) is 32.8 Å². The van der Waals surface area contributed by atoms with Gasteiger partial charge in [-0.25, -0.2) is 4.79 Å². The smallest absolute Gasteiger partial charge is 0.409 e. The average Bonchev–Trinajstić information content (AvgIpc) is 2.72. The monoisotopic (exact) mass is 378 g/mol. The maximum atomic E-state index is 12.4. The molecule has 1 aliphatic carbocycles. The standard InChI is InChI=1S/C24H30N2O2/c27-24(28-19-21-10-7-11-21)26-16-14-25(15-17-26)23(22-12-5-2-6-13-22)18-20-8-3-1-4-9-20/h1-6,8-9,12-13,21,23H,7,10-11,14-19H2/t23-/m0/s1. The van der Waals surface area contributed by atoms with E-state index in [0.29, 0.717) is 18.6 Å². The van der Waals surface area contributed by atoms with Crippen LogP contribution in [0.25, 0.3) is 0 Å². The molecule has 1 heterocycles. The van der Waals surface area contributed by atoms with Crippen molar-refractivity contribution in [1.82, 2.24) is 9.80 Å². The molecular weight excluding hydrogens is 348 g/mol. The lowest BCUT2D eigenvalue weighted by atomic mass is 9.86. The Morgan fingerprint density at radius 3 is 2.18 bits per heavy atom. The van der Waals surface area contributed by atoms with Crippen molar-refractivity contribution >= 4 is 6.09 Å². The van der Waals surface area contributed by atoms with Gasteiger partial charge in [-0.1, -0.05) is 67.1 Å². The number of benzene rings is 2. The summed E-state index contributed by atoms with van der Waals surface area (Å²) in [5.41, 5.74) is 2.69. The highest BCUT2D eigenvalue weighted by Gasteiger charge is 2.28. The highest BCUT2D eigenvalue weighted by Crippen LogP contribution is 2.28. The van der Waals surface area contributed by atoms with Crippen LogP contribution in [0.3, 0.4) is 0 Å². The fourth-order valence-electron chi connectivity index (χ4n) is 4.13. The zero-order valence-electron chi connectivity index (χ0n) is 16.5. The molecule has 1 atom stereocenters. The first-order chi connectivity index (χ1) is 13.8. The minimum absolute atomic E-state index is 0.133. The maximum Gasteiger partial charge on any atom is 0.409 e. The minimum Gasteiger partial charge on any atom is -0.449 e. The lowest BCUT2D eigenvalue weighted by Gasteiger charge is -2.39. The minimum atomic E-state index is -0.133. The van der Waals surface area contributed by atoms with Crippen molar-refractivity contribution in [2.45, 2.75) is 31.7 Å². The van der Waals surface area contributed by atoms with Gasteiger partial charge in [-0.15, -0.1) is 0 Å². The third-order valence-electron chi connectivity index (χ3n) is 6.14. The summed E-state index contributed by atoms with van der Waals surface area (Å²) >= 11 is 0. The molecule has 2 fully saturated rings. The summed E-state index contributed by atoms with van der Waals surface area (Å²) in [7, 11) is 0. The Balaban J connectivity index is 1.37. The summed E-state index contributed by atoms with van der Waals surface area (Å²) in [6, 6.07) is 21.7. The molecule has 1 amide bonds. The summed E-state index contributed by atoms with van der Waals surface area (Å²) in [4.78, 5) is 16.8. The molecule has 2 aromatic rings. The van der Waals surface area contributed by atoms with E-state index in [1.54, 1.807) is 0 Å². The average molecular weight is 379 g/mol. The van der Waals surface area contributed by atoms with E-state index in [4.69, 9.17) is 4.74 Å². The van der Waals surface area contributed by atoms with Gasteiger partial charge < -0.3 is 9.64 Å². The van der Waals surface area contributed by atoms with Crippen LogP contribution in [0.5, 0.6) is 0 Å². The van der Waals surface area contributed by atoms with E-state index in [-0.39, 0.29) is 6.09 Å². The number of nitrogens with zero attached hydrogens (tertiary/aromatic N) is 2. The van der Waals surface area contributed by atoms with Gasteiger partial charge in [-0.3, -0.25) is 4.90 Å². The lowest BCUT2D eigenvalue weighted by Crippen LogP contribution is -2.50. The molecule has 28 heavy (non-hydrogen) atoms. The zero-order valence-corrected chi connectivity index (χ0v) is 16.5. The molecule has 0 N–H and O–H groups in total. The summed E-state index contributed by atoms with van der Waals surface area (Å²) in [6.45, 7) is 3.83. The third kappa shape index (κ3) is 4.74. The molecule has 0 unspecified atom stereocenters. The third-order valence-corrected chi connectivity index (χ3v) is 6.14. The molecule has 2 aliphatic rings. The number of rotatable bonds is 6. The van der Waals surface area contributed by atoms with Crippen molar-refractivity contribution in [2.24, 2.45) is 5.92 Å². The van der Waals surface area contributed by atoms with Crippen molar-refractivity contribution in [2.75, 3.05) is 32.8 Å². The van der Waals surface area contributed by atoms with E-state index >= 15 is 0 Å². The van der Waals surface area contributed by atoms with Crippen LogP contribution in [-0.2, 0) is 11.2 Å². The van der Waals surface area contributed by atoms with Gasteiger partial charge in [0.25, 0.3) is 0 Å². The maximum absolute atomic E-state index is 12.4. The second-order valence-electron chi connectivity index (χ2n) is 8.01. The summed E-state index contributed by atoms with van der Waals surface area (Å²) in [5, 5.41) is 0. The quantitative estimate of drug-likeness (QED) is 0.741. The van der Waals surface area contributed by atoms with Crippen LogP contribution in [0.2, 0.25) is 0 Å². The molecule has 0 aromatic heterocycles. The number of ether oxygens (including phenoxy) is 1. The highest BCUT2D eigenvalue weighted by molar-refractivity contribution is 5.67. The molecular formula is C24H30N2O2. The predicted molar refractivity (Wildman–Crippen MR) is 111 cm³/mol. The van der Waals surface area contributed by atoms with E-state index in [9.17, 15) is 4.79 Å². The Kier molecular flexibility index (Phi) is 6.27. The Morgan fingerprint density at radius 1 is 0.929 bits per heavy atom. The van der Waals surface area contributed by atoms with E-state index < -0.39 is 0 Å². The van der Waals surface area contributed by atoms with Crippen LogP contribution >= 0.6 is 0 Å². The summed E-state index contributed by atoms with van der Waals surface area (Å²) < 4.78 is 5.53. The van der Waals surface area contributed by atoms with Crippen molar-refractivity contribution < 1.29 is 9.53 Å². The second-order valence-corrected chi connectivity index (χ2v) is 8.01. The van der Waals surface area contributed by atoms with Crippen molar-refractivity contribution in [3.05, 3.63) is 71.8 Å². The van der Waals surface area contributed by atoms with Crippen LogP contribution in [0.4, 0.5) is 4.79 Å². The number of carbonyl (C=O) groups excluding carboxylic acids is 1. The van der Waals surface area contributed by atoms with Crippen molar-refractivity contribution in [3.8, 4) is 0 Å². The Morgan fingerprint density at radius 2 is 1.57 bits per heavy atom. The van der Waals surface area contributed by atoms with Gasteiger partial charge in [0, 0.05) is 32.2 Å². The molecule has 4 rings (SSSR count). The molecule has 0 radical (unpaired) electrons. The number of amides is 1. The van der Waals surface area contributed by atoms with E-state index in [1.165, 1.54) is 30.4 Å². The van der Waals surface area contributed by atoms with Gasteiger partial charge in [0.15, 0.2) is 0 Å². The van der Waals surface area contributed by atoms with Gasteiger partial charge in [0.2, 0.25) is 0 Å². The molecule has 2 aromatic carbocycles. The van der Waals surface area contributed by atoms with Gasteiger partial charge in [-0.05, 0) is 36.3 Å². The van der Waals surface area contributed by atoms with Crippen LogP contribution < -0.4 is 0 Å². The van der Waals surface area contributed by atoms with Gasteiger partial charge in [0.1, 0.15) is 0 Å². The Hall–Kier alpha value is -2.33. The molecule has 4 nitrogen and oxygen atoms in total. The fraction of sp³-hybridized carbons (Fsp3) is 0.458. The first-order valence-corrected chi connectivity index (χ1v) is 10.5. The first kappa shape index (κ1) is 19.0. The van der Waals surface area contributed by atoms with Crippen molar-refractivity contribution in [3.63, 3.8) is 0 Å². The first-order valence-electron chi connectivity index (χ1n) is 10.5. The predicted octanol–water partition coefficient (Wildman–Crippen LogP) is 4.52. The zero-order chi connectivity index (χ0) is 19.2. The molecule has 4 heteroatoms. The summed E-state index contributed by atoms with van der Waals surface area (Å²) in [6.07, 6.45) is 4.55. The van der Waals surface area contributed by atoms with E-state index in [1.807, 2.05) is 4.90 Å². The number of hydrogen-bond donors (Lipinski definition) is 0. The Labute approximate surface area is 168 Å². The van der Waals surface area contributed by atoms with Crippen LogP contribution in [0, 0.1) is 5.92 Å². The molecule has 0 spiro atoms. The molecule has 1 saturated heterocycles. The van der Waals surface area contributed by atoms with Crippen LogP contribution in [0.15, 0.2) is 60.7 Å². The van der Waals surface area contributed by atoms with Gasteiger partial charge in [0.05, 0.1) is 6.61 Å². The molecule has 1 saturated carbocycles. The Bertz CT molecular complexity index is 738. The van der Waals surface area contributed by atoms with E-state index in [2.05, 4.69) is 65.6 Å². The van der Waals surface area contributed by atoms with Crippen LogP contribution in [-0.4, -0.2) is 48.7 Å². The lowest BCUT2D eigenvalue weighted by molar-refractivity contribution is 0.0464. The van der Waals surface area contributed by atoms with Gasteiger partial charge >= 0.3 is 6.09 Å². The second kappa shape index (κ2) is 9.24. The number of carbonyl (C=O) groups is 1. The van der Waals surface area contributed by atoms with Gasteiger partial charge in [-0.2, -0.15) is 0 Å². The number of hydrogen-bond acceptors (Lipinski definition) is 3. The van der Waals surface area contributed by atoms with E-state index in [0.717, 1.165) is 32.6 Å². The SMILES string of the molecule is O=C(OCC1CCC1)N1CCN([C@@H](Cc2ccccc2)c2ccccc2)CC1. The largest absolute Gasteiger partial charge is 0.449 e. The van der Waals surface area contributed by atoms with Crippen LogP contribution in [0.1, 0.15) is 36.4 Å². The molecule has 1 aliphatic heterocycles. The molecule has 148 valence electrons. The summed E-state index contributed by atoms with van der Waals surface area (Å²) in [5.74, 6) is 0.596. The highest BCUT2D eigenvalue weighted by atomic mass is 16.6. The normalized spacial score (nSPS) is 19.1. The van der Waals surface area contributed by atoms with Crippen molar-refractivity contribution in [1.29, 1.82) is 0 Å². The fourth-order valence-corrected chi connectivity index (χ4v) is 4.13. The number of piperazine rings is 1. The molecule has 0 bridgehead atoms.